The summed E-state index contributed by atoms with van der Waals surface area (Å²) in [7, 11) is 1.76. The van der Waals surface area contributed by atoms with Crippen LogP contribution in [0.5, 0.6) is 0 Å². The smallest absolute Gasteiger partial charge is 0.271 e. The fourth-order valence-corrected chi connectivity index (χ4v) is 4.15. The Morgan fingerprint density at radius 2 is 2.32 bits per heavy atom. The Kier molecular flexibility index (Phi) is 3.38. The minimum absolute atomic E-state index is 0.0154. The van der Waals surface area contributed by atoms with Gasteiger partial charge in [-0.1, -0.05) is 16.3 Å². The fourth-order valence-electron chi connectivity index (χ4n) is 1.61. The maximum absolute atomic E-state index is 12.1. The van der Waals surface area contributed by atoms with Crippen molar-refractivity contribution in [1.29, 1.82) is 0 Å². The first-order valence-corrected chi connectivity index (χ1v) is 8.15. The molecule has 0 atom stereocenters. The molecule has 0 saturated carbocycles. The van der Waals surface area contributed by atoms with Crippen LogP contribution < -0.4 is 5.56 Å². The van der Waals surface area contributed by atoms with Gasteiger partial charge < -0.3 is 0 Å². The van der Waals surface area contributed by atoms with Crippen LogP contribution >= 0.6 is 34.6 Å². The summed E-state index contributed by atoms with van der Waals surface area (Å²) in [6.45, 7) is 1.94. The molecule has 3 aromatic heterocycles. The molecule has 8 heteroatoms. The van der Waals surface area contributed by atoms with Crippen molar-refractivity contribution in [2.24, 2.45) is 7.05 Å². The average molecular weight is 310 g/mol. The zero-order valence-electron chi connectivity index (χ0n) is 10.3. The number of aryl methyl sites for hydroxylation is 1. The van der Waals surface area contributed by atoms with Gasteiger partial charge in [-0.15, -0.1) is 16.4 Å². The molecule has 0 amide bonds. The molecular weight excluding hydrogens is 300 g/mol. The van der Waals surface area contributed by atoms with Crippen LogP contribution in [0.3, 0.4) is 0 Å². The quantitative estimate of drug-likeness (QED) is 0.549. The summed E-state index contributed by atoms with van der Waals surface area (Å²) in [4.78, 5) is 17.8. The van der Waals surface area contributed by atoms with Crippen molar-refractivity contribution in [3.05, 3.63) is 32.4 Å². The number of nitrogens with zero attached hydrogens (tertiary/aromatic N) is 4. The lowest BCUT2D eigenvalue weighted by Gasteiger charge is -2.05. The van der Waals surface area contributed by atoms with Gasteiger partial charge in [0.25, 0.3) is 5.56 Å². The SMILES string of the molecule is Cc1nnsc1CSc1nc2ccsc2c(=O)n1C. The van der Waals surface area contributed by atoms with E-state index < -0.39 is 0 Å². The second-order valence-corrected chi connectivity index (χ2v) is 6.66. The summed E-state index contributed by atoms with van der Waals surface area (Å²) in [5.74, 6) is 0.736. The van der Waals surface area contributed by atoms with Crippen molar-refractivity contribution in [2.75, 3.05) is 0 Å². The molecule has 0 fully saturated rings. The van der Waals surface area contributed by atoms with Crippen LogP contribution in [-0.4, -0.2) is 19.1 Å². The molecule has 0 aliphatic heterocycles. The van der Waals surface area contributed by atoms with Crippen LogP contribution in [0.4, 0.5) is 0 Å². The predicted octanol–water partition coefficient (Wildman–Crippen LogP) is 2.45. The zero-order chi connectivity index (χ0) is 13.4. The molecule has 0 aromatic carbocycles. The van der Waals surface area contributed by atoms with Gasteiger partial charge >= 0.3 is 0 Å². The van der Waals surface area contributed by atoms with E-state index in [9.17, 15) is 4.79 Å². The molecule has 0 unspecified atom stereocenters. The van der Waals surface area contributed by atoms with Crippen LogP contribution in [0, 0.1) is 6.92 Å². The third-order valence-corrected chi connectivity index (χ3v) is 5.68. The van der Waals surface area contributed by atoms with Gasteiger partial charge in [-0.25, -0.2) is 4.98 Å². The van der Waals surface area contributed by atoms with E-state index in [2.05, 4.69) is 14.6 Å². The molecule has 0 aliphatic rings. The van der Waals surface area contributed by atoms with Gasteiger partial charge in [0.05, 0.1) is 16.1 Å². The molecule has 3 rings (SSSR count). The largest absolute Gasteiger partial charge is 0.290 e. The van der Waals surface area contributed by atoms with Gasteiger partial charge in [-0.2, -0.15) is 0 Å². The molecule has 3 aromatic rings. The number of thioether (sulfide) groups is 1. The summed E-state index contributed by atoms with van der Waals surface area (Å²) in [5.41, 5.74) is 1.73. The van der Waals surface area contributed by atoms with E-state index in [1.807, 2.05) is 18.4 Å². The highest BCUT2D eigenvalue weighted by atomic mass is 32.2. The number of thiophene rings is 1. The van der Waals surface area contributed by atoms with Gasteiger partial charge in [-0.3, -0.25) is 9.36 Å². The molecular formula is C11H10N4OS3. The van der Waals surface area contributed by atoms with E-state index in [0.29, 0.717) is 4.70 Å². The number of hydrogen-bond acceptors (Lipinski definition) is 7. The van der Waals surface area contributed by atoms with E-state index in [0.717, 1.165) is 27.0 Å². The number of rotatable bonds is 3. The molecule has 19 heavy (non-hydrogen) atoms. The summed E-state index contributed by atoms with van der Waals surface area (Å²) in [6.07, 6.45) is 0. The zero-order valence-corrected chi connectivity index (χ0v) is 12.7. The van der Waals surface area contributed by atoms with Crippen LogP contribution in [-0.2, 0) is 12.8 Å². The molecule has 98 valence electrons. The Bertz CT molecular complexity index is 789. The lowest BCUT2D eigenvalue weighted by atomic mass is 10.4. The Hall–Kier alpha value is -1.25. The van der Waals surface area contributed by atoms with E-state index in [1.165, 1.54) is 34.6 Å². The maximum Gasteiger partial charge on any atom is 0.271 e. The Balaban J connectivity index is 1.95. The van der Waals surface area contributed by atoms with E-state index in [-0.39, 0.29) is 5.56 Å². The topological polar surface area (TPSA) is 60.7 Å². The monoisotopic (exact) mass is 310 g/mol. The van der Waals surface area contributed by atoms with Crippen LogP contribution in [0.15, 0.2) is 21.4 Å². The van der Waals surface area contributed by atoms with Crippen molar-refractivity contribution in [1.82, 2.24) is 19.1 Å². The summed E-state index contributed by atoms with van der Waals surface area (Å²) in [6, 6.07) is 1.88. The molecule has 3 heterocycles. The molecule has 0 spiro atoms. The first-order valence-electron chi connectivity index (χ1n) is 5.51. The number of hydrogen-bond donors (Lipinski definition) is 0. The summed E-state index contributed by atoms with van der Waals surface area (Å²) >= 11 is 4.36. The minimum Gasteiger partial charge on any atom is -0.290 e. The van der Waals surface area contributed by atoms with E-state index >= 15 is 0 Å². The van der Waals surface area contributed by atoms with Crippen LogP contribution in [0.25, 0.3) is 10.2 Å². The first-order chi connectivity index (χ1) is 9.16. The van der Waals surface area contributed by atoms with Crippen molar-refractivity contribution < 1.29 is 0 Å². The second kappa shape index (κ2) is 5.03. The lowest BCUT2D eigenvalue weighted by molar-refractivity contribution is 0.728. The van der Waals surface area contributed by atoms with E-state index in [4.69, 9.17) is 0 Å². The van der Waals surface area contributed by atoms with Gasteiger partial charge in [-0.05, 0) is 29.9 Å². The number of fused-ring (bicyclic) bond motifs is 1. The van der Waals surface area contributed by atoms with Crippen molar-refractivity contribution in [3.8, 4) is 0 Å². The van der Waals surface area contributed by atoms with E-state index in [1.54, 1.807) is 11.6 Å². The minimum atomic E-state index is 0.0154. The molecule has 0 N–H and O–H groups in total. The first kappa shape index (κ1) is 12.8. The van der Waals surface area contributed by atoms with Gasteiger partial charge in [0.1, 0.15) is 4.70 Å². The summed E-state index contributed by atoms with van der Waals surface area (Å²) in [5, 5.41) is 6.60. The highest BCUT2D eigenvalue weighted by Crippen LogP contribution is 2.25. The van der Waals surface area contributed by atoms with Crippen molar-refractivity contribution in [2.45, 2.75) is 17.8 Å². The lowest BCUT2D eigenvalue weighted by Crippen LogP contribution is -2.18. The van der Waals surface area contributed by atoms with Gasteiger partial charge in [0.15, 0.2) is 5.16 Å². The third-order valence-electron chi connectivity index (χ3n) is 2.72. The molecule has 0 bridgehead atoms. The van der Waals surface area contributed by atoms with Crippen LogP contribution in [0.1, 0.15) is 10.6 Å². The highest BCUT2D eigenvalue weighted by molar-refractivity contribution is 7.98. The Labute approximate surface area is 121 Å². The molecule has 0 radical (unpaired) electrons. The fraction of sp³-hybridized carbons (Fsp3) is 0.273. The van der Waals surface area contributed by atoms with Crippen LogP contribution in [0.2, 0.25) is 0 Å². The van der Waals surface area contributed by atoms with Crippen molar-refractivity contribution >= 4 is 44.8 Å². The summed E-state index contributed by atoms with van der Waals surface area (Å²) < 4.78 is 6.22. The molecule has 0 aliphatic carbocycles. The molecule has 0 saturated heterocycles. The number of aromatic nitrogens is 4. The Morgan fingerprint density at radius 3 is 3.05 bits per heavy atom. The van der Waals surface area contributed by atoms with Gasteiger partial charge in [0.2, 0.25) is 0 Å². The Morgan fingerprint density at radius 1 is 1.47 bits per heavy atom. The maximum atomic E-state index is 12.1. The third kappa shape index (κ3) is 2.31. The highest BCUT2D eigenvalue weighted by Gasteiger charge is 2.11. The van der Waals surface area contributed by atoms with Gasteiger partial charge in [0, 0.05) is 12.8 Å². The standard InChI is InChI=1S/C11H10N4OS3/c1-6-8(19-14-13-6)5-18-11-12-7-3-4-17-9(7)10(16)15(11)2/h3-4H,5H2,1-2H3. The normalized spacial score (nSPS) is 11.3. The van der Waals surface area contributed by atoms with Crippen molar-refractivity contribution in [3.63, 3.8) is 0 Å². The second-order valence-electron chi connectivity index (χ2n) is 3.96. The predicted molar refractivity (Wildman–Crippen MR) is 79.1 cm³/mol. The molecule has 5 nitrogen and oxygen atoms in total. The average Bonchev–Trinajstić information content (AvgIpc) is 3.01.